The first-order valence-electron chi connectivity index (χ1n) is 6.74. The fourth-order valence-electron chi connectivity index (χ4n) is 3.34. The maximum atomic E-state index is 13.1. The van der Waals surface area contributed by atoms with Crippen molar-refractivity contribution in [2.45, 2.75) is 31.3 Å². The van der Waals surface area contributed by atoms with Crippen molar-refractivity contribution in [1.82, 2.24) is 4.90 Å². The van der Waals surface area contributed by atoms with Gasteiger partial charge in [-0.3, -0.25) is 4.79 Å². The topological polar surface area (TPSA) is 69.6 Å². The second kappa shape index (κ2) is 5.43. The summed E-state index contributed by atoms with van der Waals surface area (Å²) in [5, 5.41) is 12.0. The molecule has 0 saturated carbocycles. The van der Waals surface area contributed by atoms with Crippen LogP contribution in [0.2, 0.25) is 0 Å². The summed E-state index contributed by atoms with van der Waals surface area (Å²) < 4.78 is 13.7. The zero-order valence-electron chi connectivity index (χ0n) is 11.1. The lowest BCUT2D eigenvalue weighted by Crippen LogP contribution is -2.40. The average molecular weight is 404 g/mol. The van der Waals surface area contributed by atoms with Gasteiger partial charge >= 0.3 is 12.0 Å². The van der Waals surface area contributed by atoms with Gasteiger partial charge in [-0.05, 0) is 60.1 Å². The molecule has 2 amide bonds. The number of urea groups is 1. The minimum Gasteiger partial charge on any atom is -0.481 e. The lowest BCUT2D eigenvalue weighted by molar-refractivity contribution is -0.142. The molecule has 0 radical (unpaired) electrons. The number of nitrogens with one attached hydrogen (secondary N) is 1. The van der Waals surface area contributed by atoms with Crippen molar-refractivity contribution < 1.29 is 19.1 Å². The molecule has 1 aromatic carbocycles. The van der Waals surface area contributed by atoms with Crippen LogP contribution < -0.4 is 5.32 Å². The molecule has 21 heavy (non-hydrogen) atoms. The maximum absolute atomic E-state index is 13.1. The molecule has 3 unspecified atom stereocenters. The van der Waals surface area contributed by atoms with Crippen molar-refractivity contribution in [3.05, 3.63) is 27.6 Å². The van der Waals surface area contributed by atoms with E-state index in [-0.39, 0.29) is 23.9 Å². The summed E-state index contributed by atoms with van der Waals surface area (Å²) >= 11 is 1.96. The van der Waals surface area contributed by atoms with E-state index in [0.717, 1.165) is 12.8 Å². The van der Waals surface area contributed by atoms with Gasteiger partial charge in [-0.1, -0.05) is 0 Å². The highest BCUT2D eigenvalue weighted by atomic mass is 127. The summed E-state index contributed by atoms with van der Waals surface area (Å²) in [5.41, 5.74) is 0.542. The van der Waals surface area contributed by atoms with Crippen LogP contribution >= 0.6 is 22.6 Å². The third-order valence-electron chi connectivity index (χ3n) is 4.26. The number of carboxylic acid groups (broad SMARTS) is 1. The minimum atomic E-state index is -0.837. The van der Waals surface area contributed by atoms with Crippen molar-refractivity contribution in [2.75, 3.05) is 5.32 Å². The van der Waals surface area contributed by atoms with Crippen LogP contribution in [0.15, 0.2) is 18.2 Å². The second-order valence-corrected chi connectivity index (χ2v) is 6.60. The third kappa shape index (κ3) is 2.58. The molecule has 2 heterocycles. The zero-order valence-corrected chi connectivity index (χ0v) is 13.2. The van der Waals surface area contributed by atoms with Crippen LogP contribution in [0.5, 0.6) is 0 Å². The highest BCUT2D eigenvalue weighted by molar-refractivity contribution is 14.1. The van der Waals surface area contributed by atoms with Crippen LogP contribution in [0.1, 0.15) is 19.3 Å². The molecule has 1 aromatic rings. The van der Waals surface area contributed by atoms with Crippen LogP contribution in [0.4, 0.5) is 14.9 Å². The van der Waals surface area contributed by atoms with Gasteiger partial charge in [0.15, 0.2) is 0 Å². The van der Waals surface area contributed by atoms with Crippen LogP contribution in [0, 0.1) is 15.3 Å². The Bertz CT molecular complexity index is 610. The number of anilines is 1. The predicted octanol–water partition coefficient (Wildman–Crippen LogP) is 2.90. The summed E-state index contributed by atoms with van der Waals surface area (Å²) in [6, 6.07) is 3.61. The fraction of sp³-hybridized carbons (Fsp3) is 0.429. The number of hydrogen-bond acceptors (Lipinski definition) is 2. The lowest BCUT2D eigenvalue weighted by Gasteiger charge is -2.23. The molecule has 2 aliphatic rings. The van der Waals surface area contributed by atoms with E-state index in [9.17, 15) is 19.1 Å². The number of fused-ring (bicyclic) bond motifs is 2. The van der Waals surface area contributed by atoms with Crippen molar-refractivity contribution in [2.24, 2.45) is 5.92 Å². The Balaban J connectivity index is 1.76. The predicted molar refractivity (Wildman–Crippen MR) is 82.5 cm³/mol. The first-order chi connectivity index (χ1) is 9.97. The Labute approximate surface area is 134 Å². The van der Waals surface area contributed by atoms with Gasteiger partial charge in [-0.15, -0.1) is 0 Å². The van der Waals surface area contributed by atoms with E-state index >= 15 is 0 Å². The van der Waals surface area contributed by atoms with Crippen molar-refractivity contribution in [1.29, 1.82) is 0 Å². The Morgan fingerprint density at radius 3 is 2.76 bits per heavy atom. The first-order valence-corrected chi connectivity index (χ1v) is 7.82. The van der Waals surface area contributed by atoms with E-state index in [2.05, 4.69) is 5.32 Å². The van der Waals surface area contributed by atoms with Crippen LogP contribution in [-0.4, -0.2) is 34.1 Å². The van der Waals surface area contributed by atoms with E-state index in [1.54, 1.807) is 4.90 Å². The highest BCUT2D eigenvalue weighted by Crippen LogP contribution is 2.42. The van der Waals surface area contributed by atoms with Gasteiger partial charge in [0.1, 0.15) is 5.82 Å². The molecule has 2 bridgehead atoms. The molecular weight excluding hydrogens is 390 g/mol. The number of rotatable bonds is 2. The number of carboxylic acids is 1. The third-order valence-corrected chi connectivity index (χ3v) is 5.15. The van der Waals surface area contributed by atoms with Gasteiger partial charge in [0.25, 0.3) is 0 Å². The minimum absolute atomic E-state index is 0.00536. The van der Waals surface area contributed by atoms with Gasteiger partial charge in [0.05, 0.1) is 11.6 Å². The Morgan fingerprint density at radius 2 is 2.14 bits per heavy atom. The largest absolute Gasteiger partial charge is 0.481 e. The number of carbonyl (C=O) groups excluding carboxylic acids is 1. The van der Waals surface area contributed by atoms with E-state index in [0.29, 0.717) is 15.7 Å². The molecule has 2 saturated heterocycles. The summed E-state index contributed by atoms with van der Waals surface area (Å²) in [5.74, 6) is -1.66. The number of carbonyl (C=O) groups is 2. The molecule has 7 heteroatoms. The summed E-state index contributed by atoms with van der Waals surface area (Å²) in [4.78, 5) is 25.3. The standard InChI is InChI=1S/C14H14FIN2O3/c15-7-1-3-11(10(16)5-7)17-14(21)18-8-2-4-12(18)9(6-8)13(19)20/h1,3,5,8-9,12H,2,4,6H2,(H,17,21)(H,19,20). The normalized spacial score (nSPS) is 27.0. The van der Waals surface area contributed by atoms with E-state index in [4.69, 9.17) is 0 Å². The van der Waals surface area contributed by atoms with Crippen molar-refractivity contribution in [3.8, 4) is 0 Å². The summed E-state index contributed by atoms with van der Waals surface area (Å²) in [6.07, 6.45) is 2.10. The number of nitrogens with zero attached hydrogens (tertiary/aromatic N) is 1. The SMILES string of the molecule is O=C(O)C1CC2CCC1N2C(=O)Nc1ccc(F)cc1I. The molecule has 0 spiro atoms. The quantitative estimate of drug-likeness (QED) is 0.745. The van der Waals surface area contributed by atoms with Crippen molar-refractivity contribution in [3.63, 3.8) is 0 Å². The maximum Gasteiger partial charge on any atom is 0.322 e. The fourth-order valence-corrected chi connectivity index (χ4v) is 3.95. The smallest absolute Gasteiger partial charge is 0.322 e. The van der Waals surface area contributed by atoms with Crippen LogP contribution in [0.25, 0.3) is 0 Å². The molecule has 0 aliphatic carbocycles. The molecule has 112 valence electrons. The van der Waals surface area contributed by atoms with E-state index in [1.165, 1.54) is 18.2 Å². The zero-order chi connectivity index (χ0) is 15.1. The Kier molecular flexibility index (Phi) is 3.76. The van der Waals surface area contributed by atoms with Gasteiger partial charge in [0, 0.05) is 15.7 Å². The highest BCUT2D eigenvalue weighted by Gasteiger charge is 2.51. The lowest BCUT2D eigenvalue weighted by atomic mass is 9.89. The number of amides is 2. The molecule has 2 N–H and O–H groups in total. The molecule has 0 aromatic heterocycles. The average Bonchev–Trinajstić information content (AvgIpc) is 2.99. The molecule has 3 atom stereocenters. The Morgan fingerprint density at radius 1 is 1.38 bits per heavy atom. The van der Waals surface area contributed by atoms with Gasteiger partial charge < -0.3 is 15.3 Å². The molecule has 2 fully saturated rings. The second-order valence-electron chi connectivity index (χ2n) is 5.44. The number of hydrogen-bond donors (Lipinski definition) is 2. The number of aliphatic carboxylic acids is 1. The first kappa shape index (κ1) is 14.6. The van der Waals surface area contributed by atoms with E-state index in [1.807, 2.05) is 22.6 Å². The summed E-state index contributed by atoms with van der Waals surface area (Å²) in [7, 11) is 0. The van der Waals surface area contributed by atoms with Crippen molar-refractivity contribution >= 4 is 40.3 Å². The molecular formula is C14H14FIN2O3. The molecule has 2 aliphatic heterocycles. The molecule has 3 rings (SSSR count). The molecule has 5 nitrogen and oxygen atoms in total. The number of halogens is 2. The summed E-state index contributed by atoms with van der Waals surface area (Å²) in [6.45, 7) is 0. The Hall–Kier alpha value is -1.38. The van der Waals surface area contributed by atoms with Gasteiger partial charge in [0.2, 0.25) is 0 Å². The van der Waals surface area contributed by atoms with Gasteiger partial charge in [-0.25, -0.2) is 9.18 Å². The van der Waals surface area contributed by atoms with Gasteiger partial charge in [-0.2, -0.15) is 0 Å². The number of benzene rings is 1. The van der Waals surface area contributed by atoms with E-state index < -0.39 is 11.9 Å². The van der Waals surface area contributed by atoms with Crippen LogP contribution in [-0.2, 0) is 4.79 Å². The monoisotopic (exact) mass is 404 g/mol. The van der Waals surface area contributed by atoms with Crippen LogP contribution in [0.3, 0.4) is 0 Å².